The molecule has 0 aliphatic rings. The molecule has 0 aromatic carbocycles. The number of aromatic nitrogens is 1. The zero-order valence-electron chi connectivity index (χ0n) is 9.93. The van der Waals surface area contributed by atoms with E-state index in [-0.39, 0.29) is 18.1 Å². The van der Waals surface area contributed by atoms with Crippen LogP contribution < -0.4 is 5.32 Å². The fraction of sp³-hybridized carbons (Fsp3) is 0.500. The third-order valence-corrected chi connectivity index (χ3v) is 2.42. The first kappa shape index (κ1) is 12.6. The number of nitrogens with one attached hydrogen (secondary N) is 1. The summed E-state index contributed by atoms with van der Waals surface area (Å²) in [5.74, 6) is -0.196. The van der Waals surface area contributed by atoms with Gasteiger partial charge in [0, 0.05) is 24.5 Å². The summed E-state index contributed by atoms with van der Waals surface area (Å²) in [5.41, 5.74) is 1.11. The second-order valence-corrected chi connectivity index (χ2v) is 3.86. The molecule has 0 radical (unpaired) electrons. The minimum atomic E-state index is -0.196. The van der Waals surface area contributed by atoms with Crippen LogP contribution in [-0.2, 0) is 9.53 Å². The minimum absolute atomic E-state index is 0.0858. The molecule has 88 valence electrons. The molecule has 1 heterocycles. The van der Waals surface area contributed by atoms with Crippen LogP contribution in [0.5, 0.6) is 0 Å². The van der Waals surface area contributed by atoms with Gasteiger partial charge in [-0.15, -0.1) is 0 Å². The van der Waals surface area contributed by atoms with Crippen LogP contribution in [0.15, 0.2) is 24.5 Å². The summed E-state index contributed by atoms with van der Waals surface area (Å²) in [6.07, 6.45) is 3.94. The maximum Gasteiger partial charge on any atom is 0.307 e. The molecule has 0 fully saturated rings. The van der Waals surface area contributed by atoms with Crippen molar-refractivity contribution >= 4 is 5.97 Å². The Kier molecular flexibility index (Phi) is 4.92. The number of pyridine rings is 1. The number of rotatable bonds is 5. The summed E-state index contributed by atoms with van der Waals surface area (Å²) in [5, 5.41) is 3.32. The van der Waals surface area contributed by atoms with Crippen molar-refractivity contribution in [3.05, 3.63) is 30.1 Å². The summed E-state index contributed by atoms with van der Waals surface area (Å²) in [6.45, 7) is 4.01. The second kappa shape index (κ2) is 6.23. The van der Waals surface area contributed by atoms with Crippen LogP contribution in [0.4, 0.5) is 0 Å². The van der Waals surface area contributed by atoms with Gasteiger partial charge in [-0.05, 0) is 25.5 Å². The number of carbonyl (C=O) groups excluding carboxylic acids is 1. The predicted octanol–water partition coefficient (Wildman–Crippen LogP) is 1.68. The van der Waals surface area contributed by atoms with E-state index in [0.717, 1.165) is 5.56 Å². The van der Waals surface area contributed by atoms with Gasteiger partial charge in [0.05, 0.1) is 13.5 Å². The molecule has 1 rings (SSSR count). The van der Waals surface area contributed by atoms with Gasteiger partial charge < -0.3 is 10.1 Å². The highest BCUT2D eigenvalue weighted by Gasteiger charge is 2.12. The number of esters is 1. The summed E-state index contributed by atoms with van der Waals surface area (Å²) >= 11 is 0. The predicted molar refractivity (Wildman–Crippen MR) is 61.9 cm³/mol. The summed E-state index contributed by atoms with van der Waals surface area (Å²) < 4.78 is 4.62. The van der Waals surface area contributed by atoms with Crippen molar-refractivity contribution in [1.29, 1.82) is 0 Å². The summed E-state index contributed by atoms with van der Waals surface area (Å²) in [6, 6.07) is 4.17. The molecule has 0 bridgehead atoms. The molecule has 0 aliphatic heterocycles. The van der Waals surface area contributed by atoms with Crippen molar-refractivity contribution in [1.82, 2.24) is 10.3 Å². The lowest BCUT2D eigenvalue weighted by atomic mass is 10.1. The molecular weight excluding hydrogens is 204 g/mol. The van der Waals surface area contributed by atoms with Crippen LogP contribution in [0, 0.1) is 0 Å². The Morgan fingerprint density at radius 1 is 1.56 bits per heavy atom. The molecule has 2 atom stereocenters. The first-order chi connectivity index (χ1) is 7.63. The van der Waals surface area contributed by atoms with E-state index >= 15 is 0 Å². The first-order valence-corrected chi connectivity index (χ1v) is 5.36. The Hall–Kier alpha value is -1.42. The van der Waals surface area contributed by atoms with E-state index in [4.69, 9.17) is 0 Å². The van der Waals surface area contributed by atoms with E-state index in [9.17, 15) is 4.79 Å². The standard InChI is InChI=1S/C12H18N2O2/c1-9(7-12(15)16-3)14-10(2)11-5-4-6-13-8-11/h4-6,8-10,14H,7H2,1-3H3. The molecule has 1 N–H and O–H groups in total. The lowest BCUT2D eigenvalue weighted by Gasteiger charge is -2.19. The molecular formula is C12H18N2O2. The van der Waals surface area contributed by atoms with Crippen molar-refractivity contribution in [3.8, 4) is 0 Å². The molecule has 0 spiro atoms. The van der Waals surface area contributed by atoms with E-state index in [1.165, 1.54) is 7.11 Å². The number of methoxy groups -OCH3 is 1. The molecule has 2 unspecified atom stereocenters. The lowest BCUT2D eigenvalue weighted by molar-refractivity contribution is -0.141. The largest absolute Gasteiger partial charge is 0.469 e. The van der Waals surface area contributed by atoms with Crippen LogP contribution in [0.2, 0.25) is 0 Å². The van der Waals surface area contributed by atoms with Gasteiger partial charge in [-0.3, -0.25) is 9.78 Å². The Morgan fingerprint density at radius 2 is 2.31 bits per heavy atom. The number of hydrogen-bond donors (Lipinski definition) is 1. The number of ether oxygens (including phenoxy) is 1. The minimum Gasteiger partial charge on any atom is -0.469 e. The van der Waals surface area contributed by atoms with Crippen molar-refractivity contribution in [2.75, 3.05) is 7.11 Å². The number of hydrogen-bond acceptors (Lipinski definition) is 4. The monoisotopic (exact) mass is 222 g/mol. The average molecular weight is 222 g/mol. The van der Waals surface area contributed by atoms with Crippen molar-refractivity contribution in [3.63, 3.8) is 0 Å². The highest BCUT2D eigenvalue weighted by molar-refractivity contribution is 5.69. The lowest BCUT2D eigenvalue weighted by Crippen LogP contribution is -2.31. The molecule has 0 aliphatic carbocycles. The molecule has 16 heavy (non-hydrogen) atoms. The normalized spacial score (nSPS) is 14.2. The van der Waals surface area contributed by atoms with Gasteiger partial charge in [-0.25, -0.2) is 0 Å². The van der Waals surface area contributed by atoms with Gasteiger partial charge in [0.1, 0.15) is 0 Å². The van der Waals surface area contributed by atoms with Crippen LogP contribution in [0.1, 0.15) is 31.9 Å². The highest BCUT2D eigenvalue weighted by atomic mass is 16.5. The maximum atomic E-state index is 11.1. The molecule has 0 saturated heterocycles. The van der Waals surface area contributed by atoms with Gasteiger partial charge in [-0.2, -0.15) is 0 Å². The van der Waals surface area contributed by atoms with E-state index in [1.807, 2.05) is 32.2 Å². The van der Waals surface area contributed by atoms with Crippen molar-refractivity contribution < 1.29 is 9.53 Å². The molecule has 1 aromatic heterocycles. The zero-order chi connectivity index (χ0) is 12.0. The smallest absolute Gasteiger partial charge is 0.307 e. The quantitative estimate of drug-likeness (QED) is 0.770. The van der Waals surface area contributed by atoms with Gasteiger partial charge in [0.15, 0.2) is 0 Å². The van der Waals surface area contributed by atoms with E-state index in [0.29, 0.717) is 6.42 Å². The summed E-state index contributed by atoms with van der Waals surface area (Å²) in [4.78, 5) is 15.1. The SMILES string of the molecule is COC(=O)CC(C)NC(C)c1cccnc1. The molecule has 0 amide bonds. The van der Waals surface area contributed by atoms with Crippen molar-refractivity contribution in [2.24, 2.45) is 0 Å². The molecule has 4 nitrogen and oxygen atoms in total. The van der Waals surface area contributed by atoms with Crippen LogP contribution in [0.25, 0.3) is 0 Å². The van der Waals surface area contributed by atoms with Gasteiger partial charge in [-0.1, -0.05) is 6.07 Å². The number of carbonyl (C=O) groups is 1. The van der Waals surface area contributed by atoms with E-state index in [2.05, 4.69) is 15.0 Å². The molecule has 4 heteroatoms. The third kappa shape index (κ3) is 3.98. The van der Waals surface area contributed by atoms with Crippen molar-refractivity contribution in [2.45, 2.75) is 32.4 Å². The van der Waals surface area contributed by atoms with Crippen LogP contribution >= 0.6 is 0 Å². The molecule has 1 aromatic rings. The van der Waals surface area contributed by atoms with Gasteiger partial charge in [0.2, 0.25) is 0 Å². The van der Waals surface area contributed by atoms with Crippen LogP contribution in [-0.4, -0.2) is 24.1 Å². The van der Waals surface area contributed by atoms with Gasteiger partial charge in [0.25, 0.3) is 0 Å². The third-order valence-electron chi connectivity index (χ3n) is 2.42. The molecule has 0 saturated carbocycles. The van der Waals surface area contributed by atoms with Crippen LogP contribution in [0.3, 0.4) is 0 Å². The Labute approximate surface area is 96.0 Å². The Balaban J connectivity index is 2.45. The van der Waals surface area contributed by atoms with E-state index in [1.54, 1.807) is 6.20 Å². The maximum absolute atomic E-state index is 11.1. The highest BCUT2D eigenvalue weighted by Crippen LogP contribution is 2.11. The van der Waals surface area contributed by atoms with E-state index < -0.39 is 0 Å². The fourth-order valence-corrected chi connectivity index (χ4v) is 1.55. The topological polar surface area (TPSA) is 51.2 Å². The number of nitrogens with zero attached hydrogens (tertiary/aromatic N) is 1. The second-order valence-electron chi connectivity index (χ2n) is 3.86. The Bertz CT molecular complexity index is 327. The average Bonchev–Trinajstić information content (AvgIpc) is 2.29. The zero-order valence-corrected chi connectivity index (χ0v) is 9.93. The van der Waals surface area contributed by atoms with Gasteiger partial charge >= 0.3 is 5.97 Å². The Morgan fingerprint density at radius 3 is 2.88 bits per heavy atom. The fourth-order valence-electron chi connectivity index (χ4n) is 1.55. The summed E-state index contributed by atoms with van der Waals surface area (Å²) in [7, 11) is 1.40. The first-order valence-electron chi connectivity index (χ1n) is 5.36.